The molecule has 9 nitrogen and oxygen atoms in total. The number of nitrogens with zero attached hydrogens (tertiary/aromatic N) is 1. The molecule has 2 heterocycles. The third-order valence-electron chi connectivity index (χ3n) is 8.54. The number of carboxylic acid groups (broad SMARTS) is 1. The normalized spacial score (nSPS) is 22.1. The van der Waals surface area contributed by atoms with Crippen LogP contribution in [0.15, 0.2) is 72.8 Å². The molecular formula is C35H42N2O7. The molecule has 2 aliphatic rings. The lowest BCUT2D eigenvalue weighted by molar-refractivity contribution is -0.253. The van der Waals surface area contributed by atoms with Crippen LogP contribution in [0.4, 0.5) is 0 Å². The first-order chi connectivity index (χ1) is 21.4. The number of aliphatic carboxylic acids is 1. The second-order valence-electron chi connectivity index (χ2n) is 11.6. The lowest BCUT2D eigenvalue weighted by Gasteiger charge is -2.38. The molecule has 9 heteroatoms. The van der Waals surface area contributed by atoms with Crippen LogP contribution in [-0.4, -0.2) is 63.9 Å². The highest BCUT2D eigenvalue weighted by Gasteiger charge is 2.35. The van der Waals surface area contributed by atoms with Crippen molar-refractivity contribution >= 4 is 11.9 Å². The standard InChI is InChI=1S/C35H42N2O7/c38-22-24-10-12-26(13-11-24)32-19-30(21-37-18-4-6-29(37)23-39)43-35(44-32)27-16-14-25(15-17-27)31-7-2-1-5-28(31)20-36-33(40)8-3-9-34(41)42/h1-2,5,7,10-17,29-30,32,35,38-39H,3-4,6,8-9,18-23H2,(H,36,40)(H,41,42)/t29-,30+,32-,35-/m0/s1. The van der Waals surface area contributed by atoms with Crippen LogP contribution >= 0.6 is 0 Å². The van der Waals surface area contributed by atoms with Gasteiger partial charge in [-0.15, -0.1) is 0 Å². The molecule has 0 aromatic heterocycles. The fourth-order valence-corrected chi connectivity index (χ4v) is 6.10. The van der Waals surface area contributed by atoms with Crippen molar-refractivity contribution in [3.05, 3.63) is 95.1 Å². The molecule has 2 aliphatic heterocycles. The summed E-state index contributed by atoms with van der Waals surface area (Å²) in [6, 6.07) is 24.0. The van der Waals surface area contributed by atoms with Crippen LogP contribution in [0.2, 0.25) is 0 Å². The number of ether oxygens (including phenoxy) is 2. The van der Waals surface area contributed by atoms with Crippen molar-refractivity contribution in [1.82, 2.24) is 10.2 Å². The van der Waals surface area contributed by atoms with Gasteiger partial charge in [0.15, 0.2) is 6.29 Å². The Morgan fingerprint density at radius 1 is 0.909 bits per heavy atom. The van der Waals surface area contributed by atoms with E-state index in [1.807, 2.05) is 72.8 Å². The Morgan fingerprint density at radius 3 is 2.39 bits per heavy atom. The zero-order valence-electron chi connectivity index (χ0n) is 24.9. The molecule has 4 atom stereocenters. The SMILES string of the molecule is O=C(O)CCCC(=O)NCc1ccccc1-c1ccc([C@H]2O[C@@H](CN3CCC[C@H]3CO)C[C@@H](c3ccc(CO)cc3)O2)cc1. The molecule has 0 spiro atoms. The molecule has 0 radical (unpaired) electrons. The molecule has 3 aromatic rings. The monoisotopic (exact) mass is 602 g/mol. The maximum atomic E-state index is 12.2. The van der Waals surface area contributed by atoms with Crippen molar-refractivity contribution in [3.63, 3.8) is 0 Å². The molecule has 0 unspecified atom stereocenters. The van der Waals surface area contributed by atoms with Crippen LogP contribution in [0.5, 0.6) is 0 Å². The minimum absolute atomic E-state index is 0.00763. The fraction of sp³-hybridized carbons (Fsp3) is 0.429. The molecule has 3 aromatic carbocycles. The Balaban J connectivity index is 1.30. The van der Waals surface area contributed by atoms with E-state index < -0.39 is 12.3 Å². The van der Waals surface area contributed by atoms with Gasteiger partial charge in [-0.3, -0.25) is 14.5 Å². The third kappa shape index (κ3) is 8.31. The van der Waals surface area contributed by atoms with E-state index in [1.165, 1.54) is 0 Å². The van der Waals surface area contributed by atoms with Crippen molar-refractivity contribution in [2.45, 2.75) is 76.2 Å². The van der Waals surface area contributed by atoms with Crippen molar-refractivity contribution in [1.29, 1.82) is 0 Å². The number of hydrogen-bond donors (Lipinski definition) is 4. The maximum Gasteiger partial charge on any atom is 0.303 e. The van der Waals surface area contributed by atoms with Gasteiger partial charge >= 0.3 is 5.97 Å². The van der Waals surface area contributed by atoms with Crippen LogP contribution < -0.4 is 5.32 Å². The van der Waals surface area contributed by atoms with Crippen LogP contribution in [0.1, 0.15) is 73.2 Å². The quantitative estimate of drug-likeness (QED) is 0.221. The number of rotatable bonds is 13. The topological polar surface area (TPSA) is 129 Å². The summed E-state index contributed by atoms with van der Waals surface area (Å²) in [5, 5.41) is 31.1. The van der Waals surface area contributed by atoms with Gasteiger partial charge in [-0.2, -0.15) is 0 Å². The Kier molecular flexibility index (Phi) is 11.1. The van der Waals surface area contributed by atoms with Crippen LogP contribution in [0, 0.1) is 0 Å². The molecule has 4 N–H and O–H groups in total. The van der Waals surface area contributed by atoms with Gasteiger partial charge in [-0.1, -0.05) is 72.8 Å². The van der Waals surface area contributed by atoms with E-state index in [9.17, 15) is 19.8 Å². The highest BCUT2D eigenvalue weighted by atomic mass is 16.7. The number of carboxylic acids is 1. The Hall–Kier alpha value is -3.60. The van der Waals surface area contributed by atoms with Crippen LogP contribution in [0.3, 0.4) is 0 Å². The van der Waals surface area contributed by atoms with E-state index in [4.69, 9.17) is 14.6 Å². The van der Waals surface area contributed by atoms with Gasteiger partial charge in [-0.05, 0) is 53.6 Å². The van der Waals surface area contributed by atoms with Crippen LogP contribution in [-0.2, 0) is 32.2 Å². The molecule has 1 amide bonds. The summed E-state index contributed by atoms with van der Waals surface area (Å²) in [7, 11) is 0. The van der Waals surface area contributed by atoms with E-state index in [1.54, 1.807) is 0 Å². The predicted octanol–water partition coefficient (Wildman–Crippen LogP) is 4.72. The smallest absolute Gasteiger partial charge is 0.303 e. The minimum Gasteiger partial charge on any atom is -0.481 e. The first-order valence-corrected chi connectivity index (χ1v) is 15.5. The molecule has 44 heavy (non-hydrogen) atoms. The van der Waals surface area contributed by atoms with Gasteiger partial charge in [0, 0.05) is 44.0 Å². The zero-order valence-corrected chi connectivity index (χ0v) is 24.9. The summed E-state index contributed by atoms with van der Waals surface area (Å²) in [5.74, 6) is -1.07. The van der Waals surface area contributed by atoms with E-state index in [2.05, 4.69) is 10.2 Å². The summed E-state index contributed by atoms with van der Waals surface area (Å²) >= 11 is 0. The fourth-order valence-electron chi connectivity index (χ4n) is 6.10. The summed E-state index contributed by atoms with van der Waals surface area (Å²) in [6.07, 6.45) is 2.39. The van der Waals surface area contributed by atoms with E-state index >= 15 is 0 Å². The Labute approximate surface area is 258 Å². The number of hydrogen-bond acceptors (Lipinski definition) is 7. The van der Waals surface area contributed by atoms with Crippen molar-refractivity contribution in [2.24, 2.45) is 0 Å². The first-order valence-electron chi connectivity index (χ1n) is 15.5. The van der Waals surface area contributed by atoms with E-state index in [0.29, 0.717) is 19.4 Å². The molecule has 2 fully saturated rings. The average molecular weight is 603 g/mol. The molecule has 0 aliphatic carbocycles. The van der Waals surface area contributed by atoms with Gasteiger partial charge in [-0.25, -0.2) is 0 Å². The van der Waals surface area contributed by atoms with Gasteiger partial charge in [0.1, 0.15) is 0 Å². The lowest BCUT2D eigenvalue weighted by Crippen LogP contribution is -2.42. The largest absolute Gasteiger partial charge is 0.481 e. The number of benzene rings is 3. The second kappa shape index (κ2) is 15.4. The summed E-state index contributed by atoms with van der Waals surface area (Å²) in [4.78, 5) is 25.3. The molecule has 5 rings (SSSR count). The zero-order chi connectivity index (χ0) is 30.9. The molecular weight excluding hydrogens is 560 g/mol. The molecule has 2 saturated heterocycles. The second-order valence-corrected chi connectivity index (χ2v) is 11.6. The highest BCUT2D eigenvalue weighted by molar-refractivity contribution is 5.77. The molecule has 0 saturated carbocycles. The third-order valence-corrected chi connectivity index (χ3v) is 8.54. The van der Waals surface area contributed by atoms with E-state index in [-0.39, 0.29) is 50.2 Å². The number of aliphatic hydroxyl groups excluding tert-OH is 2. The predicted molar refractivity (Wildman–Crippen MR) is 165 cm³/mol. The number of amides is 1. The van der Waals surface area contributed by atoms with Crippen molar-refractivity contribution in [2.75, 3.05) is 19.7 Å². The van der Waals surface area contributed by atoms with Gasteiger partial charge in [0.25, 0.3) is 0 Å². The number of aliphatic hydroxyl groups is 2. The average Bonchev–Trinajstić information content (AvgIpc) is 3.50. The Bertz CT molecular complexity index is 1380. The van der Waals surface area contributed by atoms with Crippen molar-refractivity contribution in [3.8, 4) is 11.1 Å². The number of carbonyl (C=O) groups excluding carboxylic acids is 1. The first kappa shape index (κ1) is 31.8. The number of likely N-dealkylation sites (tertiary alicyclic amines) is 1. The summed E-state index contributed by atoms with van der Waals surface area (Å²) < 4.78 is 13.1. The Morgan fingerprint density at radius 2 is 1.66 bits per heavy atom. The highest BCUT2D eigenvalue weighted by Crippen LogP contribution is 2.39. The van der Waals surface area contributed by atoms with Gasteiger partial charge in [0.2, 0.25) is 5.91 Å². The molecule has 0 bridgehead atoms. The summed E-state index contributed by atoms with van der Waals surface area (Å²) in [5.41, 5.74) is 5.75. The van der Waals surface area contributed by atoms with Crippen molar-refractivity contribution < 1.29 is 34.4 Å². The molecule has 234 valence electrons. The van der Waals surface area contributed by atoms with Gasteiger partial charge < -0.3 is 30.1 Å². The van der Waals surface area contributed by atoms with Gasteiger partial charge in [0.05, 0.1) is 25.4 Å². The van der Waals surface area contributed by atoms with E-state index in [0.717, 1.165) is 59.3 Å². The van der Waals surface area contributed by atoms with Crippen LogP contribution in [0.25, 0.3) is 11.1 Å². The lowest BCUT2D eigenvalue weighted by atomic mass is 9.97. The number of carbonyl (C=O) groups is 2. The summed E-state index contributed by atoms with van der Waals surface area (Å²) in [6.45, 7) is 2.16. The number of nitrogens with one attached hydrogen (secondary N) is 1. The maximum absolute atomic E-state index is 12.2. The minimum atomic E-state index is -0.903.